The second-order valence-corrected chi connectivity index (χ2v) is 36.2. The van der Waals surface area contributed by atoms with E-state index in [4.69, 9.17) is 107 Å². The van der Waals surface area contributed by atoms with Crippen molar-refractivity contribution in [1.29, 1.82) is 0 Å². The van der Waals surface area contributed by atoms with Crippen LogP contribution in [0.25, 0.3) is 16.3 Å². The molecule has 42 nitrogen and oxygen atoms in total. The second-order valence-electron chi connectivity index (χ2n) is 35.8. The number of fused-ring (bicyclic) bond motifs is 9. The molecule has 9 atom stereocenters. The van der Waals surface area contributed by atoms with E-state index in [0.29, 0.717) is 111 Å². The number of alkyl halides is 4. The van der Waals surface area contributed by atoms with Crippen LogP contribution < -0.4 is 140 Å². The van der Waals surface area contributed by atoms with Gasteiger partial charge in [-0.2, -0.15) is 17.6 Å². The molecule has 0 saturated heterocycles. The van der Waals surface area contributed by atoms with Gasteiger partial charge in [0.25, 0.3) is 0 Å². The molecule has 9 aliphatic heterocycles. The molecule has 9 amide bonds. The molecular formula is C101H116ClF6N23O19. The Hall–Kier alpha value is -15.6. The molecule has 1 fully saturated rings. The molecule has 0 bridgehead atoms. The lowest BCUT2D eigenvalue weighted by atomic mass is 10.0. The van der Waals surface area contributed by atoms with Gasteiger partial charge in [0, 0.05) is 66.9 Å². The van der Waals surface area contributed by atoms with Crippen molar-refractivity contribution in [2.45, 2.75) is 154 Å². The van der Waals surface area contributed by atoms with Gasteiger partial charge in [0.05, 0.1) is 75.4 Å². The summed E-state index contributed by atoms with van der Waals surface area (Å²) in [6.45, 7) is 13.0. The number of aryl methyl sites for hydroxylation is 8. The van der Waals surface area contributed by atoms with Crippen LogP contribution in [0.3, 0.4) is 0 Å². The number of likely N-dealkylation sites (N-methyl/N-ethyl adjacent to an activating group) is 6. The van der Waals surface area contributed by atoms with E-state index in [-0.39, 0.29) is 122 Å². The van der Waals surface area contributed by atoms with Gasteiger partial charge in [0.15, 0.2) is 11.5 Å². The molecule has 0 radical (unpaired) electrons. The number of para-hydroxylation sites is 1. The topological polar surface area (TPSA) is 595 Å². The maximum Gasteiger partial charge on any atom is 0.387 e. The fourth-order valence-electron chi connectivity index (χ4n) is 15.8. The van der Waals surface area contributed by atoms with Crippen LogP contribution in [-0.2, 0) is 56.0 Å². The third kappa shape index (κ3) is 28.1. The zero-order valence-electron chi connectivity index (χ0n) is 83.8. The monoisotopic (exact) mass is 2100 g/mol. The third-order valence-corrected chi connectivity index (χ3v) is 24.7. The maximum atomic E-state index is 13.6. The first kappa shape index (κ1) is 113. The summed E-state index contributed by atoms with van der Waals surface area (Å²) in [6.07, 6.45) is 6.77. The minimum Gasteiger partial charge on any atom is -0.489 e. The number of hydrogen-bond acceptors (Lipinski definition) is 32. The van der Waals surface area contributed by atoms with Crippen LogP contribution in [0.2, 0.25) is 5.02 Å². The van der Waals surface area contributed by atoms with Crippen molar-refractivity contribution in [3.63, 3.8) is 0 Å². The van der Waals surface area contributed by atoms with Gasteiger partial charge in [-0.05, 0) is 203 Å². The third-order valence-electron chi connectivity index (χ3n) is 24.4. The zero-order chi connectivity index (χ0) is 109. The molecule has 2 aromatic heterocycles. The molecule has 150 heavy (non-hydrogen) atoms. The average molecular weight is 2110 g/mol. The highest BCUT2D eigenvalue weighted by Gasteiger charge is 2.37. The van der Waals surface area contributed by atoms with Gasteiger partial charge in [-0.25, -0.2) is 23.6 Å². The highest BCUT2D eigenvalue weighted by Crippen LogP contribution is 2.46. The minimum atomic E-state index is -2.92. The Bertz CT molecular complexity index is 6670. The minimum absolute atomic E-state index is 0.00565. The van der Waals surface area contributed by atoms with Gasteiger partial charge in [-0.3, -0.25) is 43.2 Å². The normalized spacial score (nSPS) is 20.1. The lowest BCUT2D eigenvalue weighted by Crippen LogP contribution is -2.43. The number of hydrogen-bond donors (Lipinski definition) is 12. The lowest BCUT2D eigenvalue weighted by molar-refractivity contribution is -0.120. The van der Waals surface area contributed by atoms with Crippen molar-refractivity contribution in [3.05, 3.63) is 206 Å². The summed E-state index contributed by atoms with van der Waals surface area (Å²) in [6, 6.07) is 27.1. The molecule has 0 unspecified atom stereocenters. The molecule has 1 saturated carbocycles. The van der Waals surface area contributed by atoms with Gasteiger partial charge < -0.3 is 144 Å². The van der Waals surface area contributed by atoms with Crippen molar-refractivity contribution < 1.29 is 117 Å². The van der Waals surface area contributed by atoms with Crippen molar-refractivity contribution in [2.75, 3.05) is 134 Å². The Morgan fingerprint density at radius 2 is 0.840 bits per heavy atom. The molecule has 8 aromatic carbocycles. The molecule has 798 valence electrons. The van der Waals surface area contributed by atoms with E-state index >= 15 is 0 Å². The van der Waals surface area contributed by atoms with Gasteiger partial charge in [0.2, 0.25) is 64.9 Å². The standard InChI is InChI=1S/C14H16N4O3.C13H16N2O2.C12H13N3O2.2C11H12F2N2O3.C11H13FN2O.C10H11FN2O2.C10H14N4O.C9H9ClN2O2/c1-7-4-12-11(18(3)14(19)10(15)6-20-12)5-9(7)13-17-16-8(2)21-13;1-15-11-5-4-9(8-2-3-8)6-12(11)17-7-10(14)13(15)16;1-7-4-11-10(5-9(7)14-2)15(3)12(16)8(13)6-17-11;1-15-8-4-6(18-11(12)13)2-3-9(8)17-5-7(14)10(15)16;1-15-8-3-2-6(18-11(12)13)4-9(8)17-5-7(14)10(15)16;1-6-4-7-2-3-9(13)11(15)14-10(7)8(12)5-6;1-5-2-6(11)9-8(3-5)15-4-7(12)10(14)13-9;1-6-12-5-9-8(13-6)4-3-7(11)10(15)14(9)2;10-5-2-1-3-7-8(5)12-9(13)6(11)4-14-7/h4-5,10H,6,15H2,1-3H3;4-6,8,10H,2-3,7,14H2,1H3;4-5,8H,6,13H2,1,3H3;2*2-4,7,11H,5,14H2,1H3;4-5,9H,2-3,13H2,1H3,(H,14,15);2-3,7H,4,12H2,1H3,(H,13,14);5,7H,3-4,11H2,1-2H3;1-3,6H,4,11H2,(H,12,13)/t2*10-;8-;2*7-;9-;2*7-;6-/m000000000/s1. The number of benzene rings is 8. The van der Waals surface area contributed by atoms with Crippen LogP contribution in [0, 0.1) is 59.7 Å². The Kier molecular flexibility index (Phi) is 37.7. The number of anilines is 9. The zero-order valence-corrected chi connectivity index (χ0v) is 84.5. The second kappa shape index (κ2) is 49.9. The van der Waals surface area contributed by atoms with E-state index in [9.17, 15) is 69.5 Å². The first-order chi connectivity index (χ1) is 71.1. The summed E-state index contributed by atoms with van der Waals surface area (Å²) in [4.78, 5) is 126. The first-order valence-electron chi connectivity index (χ1n) is 46.9. The average Bonchev–Trinajstić information content (AvgIpc) is 1.60. The van der Waals surface area contributed by atoms with Gasteiger partial charge in [-0.1, -0.05) is 29.8 Å². The first-order valence-corrected chi connectivity index (χ1v) is 47.2. The number of nitrogens with zero attached hydrogens (tertiary/aromatic N) is 11. The fourth-order valence-corrected chi connectivity index (χ4v) is 16.1. The summed E-state index contributed by atoms with van der Waals surface area (Å²) in [5, 5.41) is 15.9. The molecular weight excluding hydrogens is 1990 g/mol. The van der Waals surface area contributed by atoms with Crippen LogP contribution in [-0.4, -0.2) is 229 Å². The summed E-state index contributed by atoms with van der Waals surface area (Å²) < 4.78 is 127. The lowest BCUT2D eigenvalue weighted by Gasteiger charge is -2.18. The van der Waals surface area contributed by atoms with E-state index in [2.05, 4.69) is 62.6 Å². The van der Waals surface area contributed by atoms with Crippen molar-refractivity contribution in [1.82, 2.24) is 20.2 Å². The predicted octanol–water partition coefficient (Wildman–Crippen LogP) is 8.61. The molecule has 49 heteroatoms. The van der Waals surface area contributed by atoms with E-state index in [0.717, 1.165) is 68.4 Å². The van der Waals surface area contributed by atoms with E-state index in [1.165, 1.54) is 93.6 Å². The Labute approximate surface area is 862 Å². The van der Waals surface area contributed by atoms with Crippen molar-refractivity contribution >= 4 is 122 Å². The smallest absolute Gasteiger partial charge is 0.387 e. The molecule has 10 aliphatic rings. The quantitative estimate of drug-likeness (QED) is 0.0547. The molecule has 21 N–H and O–H groups in total. The van der Waals surface area contributed by atoms with Gasteiger partial charge in [0.1, 0.15) is 163 Å². The number of ether oxygens (including phenoxy) is 9. The van der Waals surface area contributed by atoms with E-state index < -0.39 is 79.3 Å². The highest BCUT2D eigenvalue weighted by atomic mass is 35.5. The number of aromatic nitrogens is 4. The number of amides is 9. The van der Waals surface area contributed by atoms with Crippen molar-refractivity contribution in [2.24, 2.45) is 51.6 Å². The van der Waals surface area contributed by atoms with Gasteiger partial charge in [-0.15, -0.1) is 10.2 Å². The summed E-state index contributed by atoms with van der Waals surface area (Å²) in [5.74, 6) is 2.71. The molecule has 1 aliphatic carbocycles. The number of rotatable bonds is 6. The van der Waals surface area contributed by atoms with Crippen LogP contribution >= 0.6 is 11.6 Å². The Balaban J connectivity index is 0.000000150. The summed E-state index contributed by atoms with van der Waals surface area (Å²) >= 11 is 5.89. The van der Waals surface area contributed by atoms with Crippen LogP contribution in [0.1, 0.15) is 82.4 Å². The number of nitrogens with one attached hydrogen (secondary N) is 3. The number of halogens is 7. The molecule has 20 rings (SSSR count). The van der Waals surface area contributed by atoms with Crippen LogP contribution in [0.5, 0.6) is 51.7 Å². The van der Waals surface area contributed by atoms with E-state index in [1.807, 2.05) is 52.0 Å². The summed E-state index contributed by atoms with van der Waals surface area (Å²) in [7, 11) is 9.81. The molecule has 10 aromatic rings. The fraction of sp³-hybridized carbons (Fsp3) is 0.366. The molecule has 0 spiro atoms. The maximum absolute atomic E-state index is 13.6. The Morgan fingerprint density at radius 3 is 1.37 bits per heavy atom. The SMILES string of the molecule is CN1C(=O)[C@@H](N)COc2cc(C3CC3)ccc21.CN1C(=O)[C@@H](N)COc2cc(OC(F)F)ccc21.CN1C(=O)[C@@H](N)COc2ccc(OC(F)F)cc21.Cc1cc(F)c2c(c1)CC[C@H](N)C(=O)N2.Cc1cc(F)c2c(c1)OC[C@H](N)C(=O)N2.Cc1ncc2c(n1)CC[C@H](N)C(=O)N2C.Cc1nnc(-c2cc3c(cc2C)OC[C@H](N)C(=O)N3C)o1.N[C@H]1COc2cccc(Cl)c2NC1=O.[C-]#[N+]c1cc2c(cc1C)OC[C@H](N)C(=O)N2C. The largest absolute Gasteiger partial charge is 0.489 e. The number of carbonyl (C=O) groups excluding carboxylic acids is 9. The predicted molar refractivity (Wildman–Crippen MR) is 545 cm³/mol. The number of nitrogens with two attached hydrogens (primary N) is 9. The molecule has 11 heterocycles. The number of carbonyl (C=O) groups is 9. The Morgan fingerprint density at radius 1 is 0.413 bits per heavy atom. The summed E-state index contributed by atoms with van der Waals surface area (Å²) in [5.41, 5.74) is 62.9. The van der Waals surface area contributed by atoms with E-state index in [1.54, 1.807) is 101 Å². The van der Waals surface area contributed by atoms with Gasteiger partial charge >= 0.3 is 13.2 Å². The van der Waals surface area contributed by atoms with Crippen molar-refractivity contribution in [3.8, 4) is 63.2 Å². The van der Waals surface area contributed by atoms with Crippen LogP contribution in [0.4, 0.5) is 83.2 Å². The van der Waals surface area contributed by atoms with Crippen LogP contribution in [0.15, 0.2) is 132 Å². The highest BCUT2D eigenvalue weighted by molar-refractivity contribution is 6.34.